The molecule has 1 N–H and O–H groups in total. The molecule has 1 aliphatic heterocycles. The molecule has 146 valence electrons. The number of anilines is 2. The Kier molecular flexibility index (Phi) is 6.07. The summed E-state index contributed by atoms with van der Waals surface area (Å²) in [6.45, 7) is 4.78. The predicted molar refractivity (Wildman–Crippen MR) is 109 cm³/mol. The van der Waals surface area contributed by atoms with Crippen LogP contribution in [0.3, 0.4) is 0 Å². The zero-order valence-corrected chi connectivity index (χ0v) is 16.8. The van der Waals surface area contributed by atoms with Crippen molar-refractivity contribution in [2.24, 2.45) is 0 Å². The average Bonchev–Trinajstić information content (AvgIpc) is 2.61. The molecular weight excluding hydrogens is 362 g/mol. The second-order valence-corrected chi connectivity index (χ2v) is 8.49. The highest BCUT2D eigenvalue weighted by atomic mass is 32.2. The SMILES string of the molecule is CCCc1cccc2c1Oc1cccc(CCC)c1N2CCCS(=O)(=O)O. The topological polar surface area (TPSA) is 66.8 Å². The van der Waals surface area contributed by atoms with Gasteiger partial charge in [0.1, 0.15) is 0 Å². The van der Waals surface area contributed by atoms with Crippen LogP contribution in [0.15, 0.2) is 36.4 Å². The second-order valence-electron chi connectivity index (χ2n) is 6.92. The molecule has 0 spiro atoms. The van der Waals surface area contributed by atoms with Gasteiger partial charge in [-0.15, -0.1) is 0 Å². The maximum atomic E-state index is 11.2. The number of rotatable bonds is 8. The molecule has 0 atom stereocenters. The smallest absolute Gasteiger partial charge is 0.264 e. The molecule has 2 aromatic rings. The van der Waals surface area contributed by atoms with Crippen molar-refractivity contribution in [1.29, 1.82) is 0 Å². The minimum absolute atomic E-state index is 0.250. The van der Waals surface area contributed by atoms with E-state index in [1.54, 1.807) is 0 Å². The molecule has 0 aliphatic carbocycles. The minimum atomic E-state index is -3.97. The summed E-state index contributed by atoms with van der Waals surface area (Å²) in [5.74, 6) is 1.41. The second kappa shape index (κ2) is 8.31. The summed E-state index contributed by atoms with van der Waals surface area (Å²) < 4.78 is 37.8. The lowest BCUT2D eigenvalue weighted by Gasteiger charge is -2.35. The van der Waals surface area contributed by atoms with Crippen molar-refractivity contribution in [2.75, 3.05) is 17.2 Å². The fourth-order valence-corrected chi connectivity index (χ4v) is 4.16. The molecule has 1 aliphatic rings. The molecule has 1 heterocycles. The van der Waals surface area contributed by atoms with Crippen molar-refractivity contribution in [3.05, 3.63) is 47.5 Å². The standard InChI is InChI=1S/C21H27NO4S/c1-3-8-16-10-6-13-19-20(16)22(14-7-15-27(23,24)25)18-12-5-11-17(9-4-2)21(18)26-19/h5-6,10-13H,3-4,7-9,14-15H2,1-2H3,(H,23,24,25). The van der Waals surface area contributed by atoms with Gasteiger partial charge in [0, 0.05) is 6.54 Å². The van der Waals surface area contributed by atoms with E-state index in [1.165, 1.54) is 5.56 Å². The van der Waals surface area contributed by atoms with Crippen LogP contribution >= 0.6 is 0 Å². The number of para-hydroxylation sites is 2. The van der Waals surface area contributed by atoms with Crippen LogP contribution < -0.4 is 9.64 Å². The molecule has 0 radical (unpaired) electrons. The summed E-state index contributed by atoms with van der Waals surface area (Å²) in [5.41, 5.74) is 4.32. The van der Waals surface area contributed by atoms with E-state index < -0.39 is 10.1 Å². The Labute approximate surface area is 161 Å². The summed E-state index contributed by atoms with van der Waals surface area (Å²) in [4.78, 5) is 2.16. The van der Waals surface area contributed by atoms with Gasteiger partial charge in [-0.3, -0.25) is 4.55 Å². The third kappa shape index (κ3) is 4.45. The largest absolute Gasteiger partial charge is 0.453 e. The van der Waals surface area contributed by atoms with E-state index in [4.69, 9.17) is 9.29 Å². The molecule has 0 aromatic heterocycles. The molecule has 3 rings (SSSR count). The maximum Gasteiger partial charge on any atom is 0.264 e. The molecule has 0 bridgehead atoms. The summed E-state index contributed by atoms with van der Waals surface area (Å²) in [6.07, 6.45) is 4.22. The molecule has 27 heavy (non-hydrogen) atoms. The monoisotopic (exact) mass is 389 g/mol. The molecule has 5 nitrogen and oxygen atoms in total. The Balaban J connectivity index is 2.05. The zero-order valence-electron chi connectivity index (χ0n) is 15.9. The number of nitrogens with zero attached hydrogens (tertiary/aromatic N) is 1. The van der Waals surface area contributed by atoms with Crippen molar-refractivity contribution in [2.45, 2.75) is 46.0 Å². The van der Waals surface area contributed by atoms with Gasteiger partial charge in [-0.05, 0) is 42.5 Å². The van der Waals surface area contributed by atoms with Gasteiger partial charge in [-0.25, -0.2) is 0 Å². The molecule has 2 aromatic carbocycles. The quantitative estimate of drug-likeness (QED) is 0.635. The predicted octanol–water partition coefficient (Wildman–Crippen LogP) is 5.11. The van der Waals surface area contributed by atoms with Gasteiger partial charge < -0.3 is 9.64 Å². The van der Waals surface area contributed by atoms with Gasteiger partial charge in [-0.2, -0.15) is 8.42 Å². The van der Waals surface area contributed by atoms with Crippen LogP contribution in [-0.2, 0) is 23.0 Å². The minimum Gasteiger partial charge on any atom is -0.453 e. The van der Waals surface area contributed by atoms with Crippen molar-refractivity contribution in [3.63, 3.8) is 0 Å². The number of hydrogen-bond donors (Lipinski definition) is 1. The first kappa shape index (κ1) is 19.7. The van der Waals surface area contributed by atoms with Gasteiger partial charge in [0.15, 0.2) is 11.5 Å². The Hall–Kier alpha value is -2.05. The number of hydrogen-bond acceptors (Lipinski definition) is 4. The molecular formula is C21H27NO4S. The van der Waals surface area contributed by atoms with Gasteiger partial charge in [-0.1, -0.05) is 51.0 Å². The summed E-state index contributed by atoms with van der Waals surface area (Å²) in [7, 11) is -3.97. The van der Waals surface area contributed by atoms with Crippen LogP contribution in [-0.4, -0.2) is 25.3 Å². The first-order chi connectivity index (χ1) is 12.9. The average molecular weight is 390 g/mol. The molecule has 0 saturated heterocycles. The highest BCUT2D eigenvalue weighted by molar-refractivity contribution is 7.85. The van der Waals surface area contributed by atoms with Crippen molar-refractivity contribution in [1.82, 2.24) is 0 Å². The Morgan fingerprint density at radius 3 is 2.37 bits per heavy atom. The Bertz CT molecular complexity index is 908. The van der Waals surface area contributed by atoms with Gasteiger partial charge in [0.05, 0.1) is 17.1 Å². The van der Waals surface area contributed by atoms with Crippen molar-refractivity contribution < 1.29 is 17.7 Å². The Morgan fingerprint density at radius 1 is 1.00 bits per heavy atom. The van der Waals surface area contributed by atoms with E-state index in [1.807, 2.05) is 24.3 Å². The third-order valence-corrected chi connectivity index (χ3v) is 5.56. The fourth-order valence-electron chi connectivity index (χ4n) is 3.66. The van der Waals surface area contributed by atoms with Crippen LogP contribution in [0.5, 0.6) is 11.5 Å². The molecule has 0 fully saturated rings. The van der Waals surface area contributed by atoms with E-state index in [-0.39, 0.29) is 5.75 Å². The Morgan fingerprint density at radius 2 is 1.67 bits per heavy atom. The van der Waals surface area contributed by atoms with E-state index in [0.29, 0.717) is 13.0 Å². The summed E-state index contributed by atoms with van der Waals surface area (Å²) in [5, 5.41) is 0. The molecule has 0 saturated carbocycles. The lowest BCUT2D eigenvalue weighted by atomic mass is 10.0. The summed E-state index contributed by atoms with van der Waals surface area (Å²) in [6, 6.07) is 12.2. The highest BCUT2D eigenvalue weighted by Gasteiger charge is 2.28. The summed E-state index contributed by atoms with van der Waals surface area (Å²) >= 11 is 0. The van der Waals surface area contributed by atoms with E-state index in [2.05, 4.69) is 30.9 Å². The van der Waals surface area contributed by atoms with Gasteiger partial charge in [0.2, 0.25) is 0 Å². The maximum absolute atomic E-state index is 11.2. The van der Waals surface area contributed by atoms with Crippen LogP contribution in [0.1, 0.15) is 44.2 Å². The third-order valence-electron chi connectivity index (χ3n) is 4.75. The van der Waals surface area contributed by atoms with Gasteiger partial charge in [0.25, 0.3) is 10.1 Å². The van der Waals surface area contributed by atoms with Crippen molar-refractivity contribution >= 4 is 21.5 Å². The molecule has 0 amide bonds. The number of fused-ring (bicyclic) bond motifs is 2. The van der Waals surface area contributed by atoms with Crippen LogP contribution in [0.2, 0.25) is 0 Å². The lowest BCUT2D eigenvalue weighted by Crippen LogP contribution is -2.26. The number of ether oxygens (including phenoxy) is 1. The van der Waals surface area contributed by atoms with Crippen molar-refractivity contribution in [3.8, 4) is 11.5 Å². The van der Waals surface area contributed by atoms with Crippen LogP contribution in [0.4, 0.5) is 11.4 Å². The first-order valence-electron chi connectivity index (χ1n) is 9.59. The normalized spacial score (nSPS) is 13.1. The van der Waals surface area contributed by atoms with E-state index in [9.17, 15) is 8.42 Å². The number of aryl methyl sites for hydroxylation is 2. The van der Waals surface area contributed by atoms with Crippen LogP contribution in [0, 0.1) is 0 Å². The molecule has 0 unspecified atom stereocenters. The van der Waals surface area contributed by atoms with Gasteiger partial charge >= 0.3 is 0 Å². The lowest BCUT2D eigenvalue weighted by molar-refractivity contribution is 0.464. The van der Waals surface area contributed by atoms with E-state index in [0.717, 1.165) is 54.1 Å². The number of benzene rings is 2. The molecule has 6 heteroatoms. The van der Waals surface area contributed by atoms with E-state index >= 15 is 0 Å². The zero-order chi connectivity index (χ0) is 19.4. The fraction of sp³-hybridized carbons (Fsp3) is 0.429. The first-order valence-corrected chi connectivity index (χ1v) is 11.2. The highest BCUT2D eigenvalue weighted by Crippen LogP contribution is 2.50. The van der Waals surface area contributed by atoms with Crippen LogP contribution in [0.25, 0.3) is 0 Å².